The van der Waals surface area contributed by atoms with Gasteiger partial charge in [-0.2, -0.15) is 0 Å². The van der Waals surface area contributed by atoms with E-state index in [1.807, 2.05) is 6.07 Å². The molecule has 1 unspecified atom stereocenters. The second kappa shape index (κ2) is 12.1. The number of carboxylic acids is 1. The summed E-state index contributed by atoms with van der Waals surface area (Å²) in [4.78, 5) is 13.1. The van der Waals surface area contributed by atoms with Gasteiger partial charge in [0.1, 0.15) is 0 Å². The maximum absolute atomic E-state index is 10.8. The summed E-state index contributed by atoms with van der Waals surface area (Å²) in [6.45, 7) is 2.53. The van der Waals surface area contributed by atoms with E-state index in [0.29, 0.717) is 5.92 Å². The van der Waals surface area contributed by atoms with E-state index in [4.69, 9.17) is 16.7 Å². The summed E-state index contributed by atoms with van der Waals surface area (Å²) in [7, 11) is 0. The molecule has 1 saturated heterocycles. The third-order valence-corrected chi connectivity index (χ3v) is 6.46. The topological polar surface area (TPSA) is 40.5 Å². The second-order valence-corrected chi connectivity index (χ2v) is 9.08. The molecule has 1 atom stereocenters. The minimum absolute atomic E-state index is 0.131. The molecule has 0 saturated carbocycles. The SMILES string of the molecule is O=C(O)C1CN(CCCCCCCCC(Cc2ccccc2)c2cccc(Cl)c2)C1. The summed E-state index contributed by atoms with van der Waals surface area (Å²) >= 11 is 6.25. The highest BCUT2D eigenvalue weighted by Gasteiger charge is 2.31. The lowest BCUT2D eigenvalue weighted by atomic mass is 9.87. The molecule has 162 valence electrons. The van der Waals surface area contributed by atoms with Gasteiger partial charge in [0, 0.05) is 18.1 Å². The summed E-state index contributed by atoms with van der Waals surface area (Å²) in [6.07, 6.45) is 9.77. The second-order valence-electron chi connectivity index (χ2n) is 8.65. The first-order valence-corrected chi connectivity index (χ1v) is 11.7. The monoisotopic (exact) mass is 427 g/mol. The lowest BCUT2D eigenvalue weighted by molar-refractivity contribution is -0.147. The van der Waals surface area contributed by atoms with E-state index in [2.05, 4.69) is 53.4 Å². The lowest BCUT2D eigenvalue weighted by Gasteiger charge is -2.36. The van der Waals surface area contributed by atoms with Crippen molar-refractivity contribution in [2.75, 3.05) is 19.6 Å². The van der Waals surface area contributed by atoms with Gasteiger partial charge in [-0.1, -0.05) is 86.2 Å². The fourth-order valence-electron chi connectivity index (χ4n) is 4.39. The zero-order valence-electron chi connectivity index (χ0n) is 17.8. The highest BCUT2D eigenvalue weighted by atomic mass is 35.5. The third kappa shape index (κ3) is 7.45. The van der Waals surface area contributed by atoms with Crippen molar-refractivity contribution in [1.29, 1.82) is 0 Å². The van der Waals surface area contributed by atoms with Crippen LogP contribution in [0.5, 0.6) is 0 Å². The third-order valence-electron chi connectivity index (χ3n) is 6.23. The highest BCUT2D eigenvalue weighted by molar-refractivity contribution is 6.30. The molecule has 0 aliphatic carbocycles. The number of hydrogen-bond acceptors (Lipinski definition) is 2. The molecule has 1 aliphatic heterocycles. The quantitative estimate of drug-likeness (QED) is 0.375. The van der Waals surface area contributed by atoms with E-state index in [-0.39, 0.29) is 5.92 Å². The molecule has 3 rings (SSSR count). The molecule has 0 amide bonds. The predicted molar refractivity (Wildman–Crippen MR) is 124 cm³/mol. The molecule has 1 fully saturated rings. The number of carboxylic acid groups (broad SMARTS) is 1. The zero-order chi connectivity index (χ0) is 21.2. The van der Waals surface area contributed by atoms with E-state index in [1.165, 1.54) is 56.1 Å². The van der Waals surface area contributed by atoms with Gasteiger partial charge >= 0.3 is 5.97 Å². The van der Waals surface area contributed by atoms with E-state index >= 15 is 0 Å². The van der Waals surface area contributed by atoms with Crippen LogP contribution in [0.25, 0.3) is 0 Å². The summed E-state index contributed by atoms with van der Waals surface area (Å²) in [5.41, 5.74) is 2.74. The van der Waals surface area contributed by atoms with Gasteiger partial charge in [-0.15, -0.1) is 0 Å². The summed E-state index contributed by atoms with van der Waals surface area (Å²) in [5.74, 6) is -0.261. The largest absolute Gasteiger partial charge is 0.481 e. The van der Waals surface area contributed by atoms with Gasteiger partial charge in [0.2, 0.25) is 0 Å². The Hall–Kier alpha value is -1.84. The molecule has 0 bridgehead atoms. The van der Waals surface area contributed by atoms with Crippen molar-refractivity contribution in [3.8, 4) is 0 Å². The van der Waals surface area contributed by atoms with Gasteiger partial charge in [0.05, 0.1) is 5.92 Å². The van der Waals surface area contributed by atoms with Crippen molar-refractivity contribution in [3.05, 3.63) is 70.7 Å². The van der Waals surface area contributed by atoms with E-state index in [1.54, 1.807) is 0 Å². The Morgan fingerprint density at radius 2 is 1.67 bits per heavy atom. The molecule has 0 radical (unpaired) electrons. The Morgan fingerprint density at radius 3 is 2.37 bits per heavy atom. The van der Waals surface area contributed by atoms with Crippen LogP contribution in [-0.4, -0.2) is 35.6 Å². The van der Waals surface area contributed by atoms with Crippen LogP contribution in [0, 0.1) is 5.92 Å². The summed E-state index contributed by atoms with van der Waals surface area (Å²) < 4.78 is 0. The van der Waals surface area contributed by atoms with E-state index in [0.717, 1.165) is 31.1 Å². The molecule has 4 heteroatoms. The van der Waals surface area contributed by atoms with Gasteiger partial charge in [0.25, 0.3) is 0 Å². The van der Waals surface area contributed by atoms with Gasteiger partial charge in [0.15, 0.2) is 0 Å². The molecule has 3 nitrogen and oxygen atoms in total. The Bertz CT molecular complexity index is 774. The maximum Gasteiger partial charge on any atom is 0.309 e. The molecule has 2 aromatic carbocycles. The van der Waals surface area contributed by atoms with Crippen molar-refractivity contribution in [3.63, 3.8) is 0 Å². The minimum atomic E-state index is -0.644. The molecule has 1 aliphatic rings. The highest BCUT2D eigenvalue weighted by Crippen LogP contribution is 2.29. The van der Waals surface area contributed by atoms with Crippen molar-refractivity contribution in [1.82, 2.24) is 4.90 Å². The molecule has 2 aromatic rings. The molecule has 0 aromatic heterocycles. The van der Waals surface area contributed by atoms with Gasteiger partial charge in [-0.05, 0) is 55.0 Å². The normalized spacial score (nSPS) is 15.6. The van der Waals surface area contributed by atoms with Gasteiger partial charge in [-0.3, -0.25) is 4.79 Å². The standard InChI is InChI=1S/C26H34ClNO2/c27-25-15-10-14-23(18-25)22(17-21-11-6-5-7-12-21)13-8-3-1-2-4-9-16-28-19-24(20-28)26(29)30/h5-7,10-12,14-15,18,22,24H,1-4,8-9,13,16-17,19-20H2,(H,29,30). The van der Waals surface area contributed by atoms with Crippen LogP contribution >= 0.6 is 11.6 Å². The number of unbranched alkanes of at least 4 members (excludes halogenated alkanes) is 5. The van der Waals surface area contributed by atoms with Crippen LogP contribution < -0.4 is 0 Å². The summed E-state index contributed by atoms with van der Waals surface area (Å²) in [5, 5.41) is 9.74. The van der Waals surface area contributed by atoms with Crippen LogP contribution in [0.3, 0.4) is 0 Å². The fourth-order valence-corrected chi connectivity index (χ4v) is 4.59. The van der Waals surface area contributed by atoms with Crippen LogP contribution in [0.15, 0.2) is 54.6 Å². The van der Waals surface area contributed by atoms with Crippen molar-refractivity contribution < 1.29 is 9.90 Å². The van der Waals surface area contributed by atoms with Gasteiger partial charge < -0.3 is 10.0 Å². The molecule has 1 heterocycles. The number of nitrogens with zero attached hydrogens (tertiary/aromatic N) is 1. The lowest BCUT2D eigenvalue weighted by Crippen LogP contribution is -2.50. The average molecular weight is 428 g/mol. The van der Waals surface area contributed by atoms with Crippen molar-refractivity contribution >= 4 is 17.6 Å². The van der Waals surface area contributed by atoms with Crippen molar-refractivity contribution in [2.45, 2.75) is 57.3 Å². The Morgan fingerprint density at radius 1 is 0.967 bits per heavy atom. The molecular weight excluding hydrogens is 394 g/mol. The molecule has 0 spiro atoms. The first-order valence-electron chi connectivity index (χ1n) is 11.4. The molecular formula is C26H34ClNO2. The number of hydrogen-bond donors (Lipinski definition) is 1. The first kappa shape index (κ1) is 22.8. The number of halogens is 1. The maximum atomic E-state index is 10.8. The van der Waals surface area contributed by atoms with Crippen molar-refractivity contribution in [2.24, 2.45) is 5.92 Å². The first-order chi connectivity index (χ1) is 14.6. The number of benzene rings is 2. The van der Waals surface area contributed by atoms with Crippen LogP contribution in [-0.2, 0) is 11.2 Å². The van der Waals surface area contributed by atoms with Crippen LogP contribution in [0.2, 0.25) is 5.02 Å². The minimum Gasteiger partial charge on any atom is -0.481 e. The number of aliphatic carboxylic acids is 1. The average Bonchev–Trinajstić information content (AvgIpc) is 2.70. The predicted octanol–water partition coefficient (Wildman–Crippen LogP) is 6.41. The Labute approximate surface area is 186 Å². The molecule has 1 N–H and O–H groups in total. The van der Waals surface area contributed by atoms with Gasteiger partial charge in [-0.25, -0.2) is 0 Å². The van der Waals surface area contributed by atoms with E-state index < -0.39 is 5.97 Å². The number of rotatable bonds is 13. The molecule has 30 heavy (non-hydrogen) atoms. The zero-order valence-corrected chi connectivity index (χ0v) is 18.6. The Kier molecular flexibility index (Phi) is 9.23. The fraction of sp³-hybridized carbons (Fsp3) is 0.500. The number of likely N-dealkylation sites (tertiary alicyclic amines) is 1. The Balaban J connectivity index is 1.33. The number of carbonyl (C=O) groups is 1. The van der Waals surface area contributed by atoms with Crippen LogP contribution in [0.4, 0.5) is 0 Å². The summed E-state index contributed by atoms with van der Waals surface area (Å²) in [6, 6.07) is 19.1. The smallest absolute Gasteiger partial charge is 0.309 e. The van der Waals surface area contributed by atoms with E-state index in [9.17, 15) is 4.79 Å². The van der Waals surface area contributed by atoms with Crippen LogP contribution in [0.1, 0.15) is 62.0 Å².